The Bertz CT molecular complexity index is 455. The fourth-order valence-corrected chi connectivity index (χ4v) is 2.81. The maximum absolute atomic E-state index is 5.50. The molecule has 1 N–H and O–H groups in total. The summed E-state index contributed by atoms with van der Waals surface area (Å²) in [4.78, 5) is 2.40. The maximum atomic E-state index is 5.50. The zero-order chi connectivity index (χ0) is 14.9. The largest absolute Gasteiger partial charge is 0.495 e. The lowest BCUT2D eigenvalue weighted by Gasteiger charge is -2.23. The van der Waals surface area contributed by atoms with Crippen molar-refractivity contribution in [1.82, 2.24) is 4.90 Å². The Labute approximate surface area is 123 Å². The third-order valence-electron chi connectivity index (χ3n) is 4.31. The van der Waals surface area contributed by atoms with E-state index in [1.807, 2.05) is 0 Å². The fraction of sp³-hybridized carbons (Fsp3) is 0.647. The van der Waals surface area contributed by atoms with Crippen LogP contribution in [0.5, 0.6) is 5.75 Å². The highest BCUT2D eigenvalue weighted by Gasteiger charge is 2.27. The van der Waals surface area contributed by atoms with Gasteiger partial charge in [-0.15, -0.1) is 0 Å². The van der Waals surface area contributed by atoms with E-state index in [2.05, 4.69) is 63.2 Å². The zero-order valence-corrected chi connectivity index (χ0v) is 13.7. The molecule has 1 aromatic rings. The van der Waals surface area contributed by atoms with Crippen molar-refractivity contribution in [2.45, 2.75) is 51.6 Å². The Hall–Kier alpha value is -1.22. The summed E-state index contributed by atoms with van der Waals surface area (Å²) in [6.07, 6.45) is 1.18. The Kier molecular flexibility index (Phi) is 4.28. The number of likely N-dealkylation sites (N-methyl/N-ethyl adjacent to an activating group) is 1. The molecular weight excluding hydrogens is 248 g/mol. The molecule has 0 radical (unpaired) electrons. The van der Waals surface area contributed by atoms with Gasteiger partial charge in [0.1, 0.15) is 5.75 Å². The van der Waals surface area contributed by atoms with Crippen molar-refractivity contribution in [2.75, 3.05) is 26.0 Å². The van der Waals surface area contributed by atoms with E-state index in [1.165, 1.54) is 12.0 Å². The lowest BCUT2D eigenvalue weighted by molar-refractivity contribution is 0.330. The van der Waals surface area contributed by atoms with Crippen LogP contribution < -0.4 is 10.1 Å². The summed E-state index contributed by atoms with van der Waals surface area (Å²) in [5, 5.41) is 3.67. The van der Waals surface area contributed by atoms with Crippen LogP contribution in [0.25, 0.3) is 0 Å². The number of rotatable bonds is 3. The van der Waals surface area contributed by atoms with Crippen LogP contribution in [-0.4, -0.2) is 37.7 Å². The van der Waals surface area contributed by atoms with E-state index in [0.29, 0.717) is 12.1 Å². The number of anilines is 1. The third kappa shape index (κ3) is 3.26. The van der Waals surface area contributed by atoms with Crippen LogP contribution in [0.15, 0.2) is 18.2 Å². The van der Waals surface area contributed by atoms with Crippen LogP contribution in [0.4, 0.5) is 5.69 Å². The molecule has 1 saturated heterocycles. The number of methoxy groups -OCH3 is 1. The first kappa shape index (κ1) is 15.2. The highest BCUT2D eigenvalue weighted by molar-refractivity contribution is 5.59. The van der Waals surface area contributed by atoms with E-state index in [-0.39, 0.29) is 5.41 Å². The molecule has 0 saturated carbocycles. The minimum Gasteiger partial charge on any atom is -0.495 e. The summed E-state index contributed by atoms with van der Waals surface area (Å²) in [6, 6.07) is 7.61. The minimum absolute atomic E-state index is 0.155. The second-order valence-electron chi connectivity index (χ2n) is 7.03. The van der Waals surface area contributed by atoms with Crippen molar-refractivity contribution >= 4 is 5.69 Å². The Morgan fingerprint density at radius 1 is 1.30 bits per heavy atom. The van der Waals surface area contributed by atoms with Gasteiger partial charge in [-0.3, -0.25) is 0 Å². The lowest BCUT2D eigenvalue weighted by atomic mass is 9.86. The van der Waals surface area contributed by atoms with E-state index in [1.54, 1.807) is 7.11 Å². The number of nitrogens with zero attached hydrogens (tertiary/aromatic N) is 1. The van der Waals surface area contributed by atoms with E-state index >= 15 is 0 Å². The average molecular weight is 276 g/mol. The molecule has 2 unspecified atom stereocenters. The number of hydrogen-bond acceptors (Lipinski definition) is 3. The van der Waals surface area contributed by atoms with Gasteiger partial charge >= 0.3 is 0 Å². The predicted octanol–water partition coefficient (Wildman–Crippen LogP) is 3.50. The van der Waals surface area contributed by atoms with Gasteiger partial charge in [0.05, 0.1) is 12.8 Å². The van der Waals surface area contributed by atoms with Crippen molar-refractivity contribution < 1.29 is 4.74 Å². The van der Waals surface area contributed by atoms with Gasteiger partial charge in [-0.2, -0.15) is 0 Å². The highest BCUT2D eigenvalue weighted by Crippen LogP contribution is 2.33. The predicted molar refractivity (Wildman–Crippen MR) is 85.8 cm³/mol. The van der Waals surface area contributed by atoms with Crippen LogP contribution in [-0.2, 0) is 5.41 Å². The van der Waals surface area contributed by atoms with Crippen molar-refractivity contribution in [3.63, 3.8) is 0 Å². The summed E-state index contributed by atoms with van der Waals surface area (Å²) < 4.78 is 5.50. The average Bonchev–Trinajstić information content (AvgIpc) is 2.67. The molecule has 0 bridgehead atoms. The number of hydrogen-bond donors (Lipinski definition) is 1. The van der Waals surface area contributed by atoms with Crippen LogP contribution in [0.2, 0.25) is 0 Å². The van der Waals surface area contributed by atoms with Gasteiger partial charge in [0.2, 0.25) is 0 Å². The smallest absolute Gasteiger partial charge is 0.141 e. The topological polar surface area (TPSA) is 24.5 Å². The van der Waals surface area contributed by atoms with Gasteiger partial charge in [0, 0.05) is 18.6 Å². The molecule has 2 rings (SSSR count). The fourth-order valence-electron chi connectivity index (χ4n) is 2.81. The number of likely N-dealkylation sites (tertiary alicyclic amines) is 1. The highest BCUT2D eigenvalue weighted by atomic mass is 16.5. The molecule has 1 aliphatic rings. The van der Waals surface area contributed by atoms with Crippen LogP contribution in [0.1, 0.15) is 39.7 Å². The van der Waals surface area contributed by atoms with Gasteiger partial charge in [0.25, 0.3) is 0 Å². The first-order valence-electron chi connectivity index (χ1n) is 7.46. The number of benzene rings is 1. The summed E-state index contributed by atoms with van der Waals surface area (Å²) in [6.45, 7) is 10.1. The van der Waals surface area contributed by atoms with E-state index in [9.17, 15) is 0 Å². The van der Waals surface area contributed by atoms with E-state index in [0.717, 1.165) is 18.0 Å². The number of nitrogens with one attached hydrogen (secondary N) is 1. The second-order valence-corrected chi connectivity index (χ2v) is 7.03. The Morgan fingerprint density at radius 2 is 2.00 bits per heavy atom. The molecule has 3 heteroatoms. The van der Waals surface area contributed by atoms with Crippen LogP contribution in [0.3, 0.4) is 0 Å². The molecule has 112 valence electrons. The van der Waals surface area contributed by atoms with Gasteiger partial charge in [-0.1, -0.05) is 26.8 Å². The van der Waals surface area contributed by atoms with E-state index < -0.39 is 0 Å². The molecule has 0 amide bonds. The molecule has 2 atom stereocenters. The summed E-state index contributed by atoms with van der Waals surface area (Å²) in [5.41, 5.74) is 2.61. The molecule has 0 aromatic heterocycles. The van der Waals surface area contributed by atoms with E-state index in [4.69, 9.17) is 4.74 Å². The molecule has 1 aromatic carbocycles. The standard InChI is InChI=1S/C17H28N2O/c1-12-9-14(11-19(12)5)18-15-10-13(17(2,3)4)7-8-16(15)20-6/h7-8,10,12,14,18H,9,11H2,1-6H3. The second kappa shape index (κ2) is 5.65. The zero-order valence-electron chi connectivity index (χ0n) is 13.7. The summed E-state index contributed by atoms with van der Waals surface area (Å²) in [5.74, 6) is 0.931. The monoisotopic (exact) mass is 276 g/mol. The molecule has 1 heterocycles. The SMILES string of the molecule is COc1ccc(C(C)(C)C)cc1NC1CC(C)N(C)C1. The summed E-state index contributed by atoms with van der Waals surface area (Å²) in [7, 11) is 3.93. The van der Waals surface area contributed by atoms with Gasteiger partial charge in [0.15, 0.2) is 0 Å². The normalized spacial score (nSPS) is 23.9. The lowest BCUT2D eigenvalue weighted by Crippen LogP contribution is -2.25. The molecular formula is C17H28N2O. The minimum atomic E-state index is 0.155. The van der Waals surface area contributed by atoms with Crippen LogP contribution >= 0.6 is 0 Å². The van der Waals surface area contributed by atoms with Gasteiger partial charge < -0.3 is 15.0 Å². The quantitative estimate of drug-likeness (QED) is 0.914. The molecule has 1 aliphatic heterocycles. The molecule has 1 fully saturated rings. The van der Waals surface area contributed by atoms with Crippen molar-refractivity contribution in [3.05, 3.63) is 23.8 Å². The summed E-state index contributed by atoms with van der Waals surface area (Å²) >= 11 is 0. The molecule has 20 heavy (non-hydrogen) atoms. The van der Waals surface area contributed by atoms with Crippen molar-refractivity contribution in [3.8, 4) is 5.75 Å². The van der Waals surface area contributed by atoms with Crippen molar-refractivity contribution in [2.24, 2.45) is 0 Å². The first-order chi connectivity index (χ1) is 9.31. The Morgan fingerprint density at radius 3 is 2.50 bits per heavy atom. The maximum Gasteiger partial charge on any atom is 0.141 e. The molecule has 0 aliphatic carbocycles. The molecule has 3 nitrogen and oxygen atoms in total. The van der Waals surface area contributed by atoms with Crippen LogP contribution in [0, 0.1) is 0 Å². The third-order valence-corrected chi connectivity index (χ3v) is 4.31. The van der Waals surface area contributed by atoms with Gasteiger partial charge in [-0.05, 0) is 43.5 Å². The molecule has 0 spiro atoms. The Balaban J connectivity index is 2.21. The first-order valence-corrected chi connectivity index (χ1v) is 7.46. The van der Waals surface area contributed by atoms with Gasteiger partial charge in [-0.25, -0.2) is 0 Å². The van der Waals surface area contributed by atoms with Crippen molar-refractivity contribution in [1.29, 1.82) is 0 Å². The number of ether oxygens (including phenoxy) is 1.